The Morgan fingerprint density at radius 2 is 0.733 bits per heavy atom. The third-order valence-corrected chi connectivity index (χ3v) is 10.3. The topological polar surface area (TPSA) is 410 Å². The quantitative estimate of drug-likeness (QED) is 0.0532. The van der Waals surface area contributed by atoms with Crippen LogP contribution in [0.1, 0.15) is 17.1 Å². The van der Waals surface area contributed by atoms with E-state index in [-0.39, 0.29) is 56.5 Å². The van der Waals surface area contributed by atoms with Gasteiger partial charge in [-0.25, -0.2) is 0 Å². The molecule has 3 aliphatic heterocycles. The van der Waals surface area contributed by atoms with Gasteiger partial charge in [-0.15, -0.1) is 15.3 Å². The third kappa shape index (κ3) is 10.5. The molecular formula is C32H51N9O19. The average molecular weight is 866 g/mol. The van der Waals surface area contributed by atoms with Gasteiger partial charge >= 0.3 is 0 Å². The van der Waals surface area contributed by atoms with E-state index >= 15 is 0 Å². The second-order valence-corrected chi connectivity index (χ2v) is 14.9. The molecule has 13 N–H and O–H groups in total. The monoisotopic (exact) mass is 865 g/mol. The molecule has 3 aromatic rings. The number of nitrogens with zero attached hydrogens (tertiary/aromatic N) is 9. The summed E-state index contributed by atoms with van der Waals surface area (Å²) in [6.45, 7) is -3.57. The van der Waals surface area contributed by atoms with Crippen molar-refractivity contribution in [1.82, 2.24) is 45.0 Å². The van der Waals surface area contributed by atoms with Gasteiger partial charge in [0.25, 0.3) is 0 Å². The van der Waals surface area contributed by atoms with Gasteiger partial charge < -0.3 is 94.8 Å². The first-order valence-electron chi connectivity index (χ1n) is 18.7. The molecule has 3 aromatic heterocycles. The lowest BCUT2D eigenvalue weighted by atomic mass is 9.88. The van der Waals surface area contributed by atoms with Crippen molar-refractivity contribution in [2.45, 2.75) is 132 Å². The molecule has 3 aliphatic rings. The molecule has 0 spiro atoms. The van der Waals surface area contributed by atoms with Crippen LogP contribution in [0.4, 0.5) is 0 Å². The first-order chi connectivity index (χ1) is 28.7. The van der Waals surface area contributed by atoms with Crippen LogP contribution in [0.5, 0.6) is 0 Å². The highest BCUT2D eigenvalue weighted by Crippen LogP contribution is 2.28. The van der Waals surface area contributed by atoms with E-state index in [1.165, 1.54) is 32.6 Å². The van der Waals surface area contributed by atoms with Gasteiger partial charge in [-0.2, -0.15) is 0 Å². The Balaban J connectivity index is 1.15. The number of aliphatic hydroxyl groups is 13. The Morgan fingerprint density at radius 3 is 0.983 bits per heavy atom. The van der Waals surface area contributed by atoms with Crippen molar-refractivity contribution in [2.24, 2.45) is 5.41 Å². The zero-order chi connectivity index (χ0) is 43.3. The van der Waals surface area contributed by atoms with Crippen molar-refractivity contribution in [3.8, 4) is 0 Å². The largest absolute Gasteiger partial charge is 0.396 e. The van der Waals surface area contributed by atoms with Gasteiger partial charge in [0.1, 0.15) is 90.3 Å². The Bertz CT molecular complexity index is 1570. The molecule has 6 rings (SSSR count). The van der Waals surface area contributed by atoms with Gasteiger partial charge in [-0.05, 0) is 0 Å². The first kappa shape index (κ1) is 46.2. The molecule has 0 aromatic carbocycles. The smallest absolute Gasteiger partial charge is 0.187 e. The van der Waals surface area contributed by atoms with Crippen molar-refractivity contribution < 1.29 is 94.8 Å². The predicted octanol–water partition coefficient (Wildman–Crippen LogP) is -9.21. The Hall–Kier alpha value is -3.34. The van der Waals surface area contributed by atoms with E-state index in [0.717, 1.165) is 0 Å². The standard InChI is InChI=1S/C32H51N9O19/c42-4-17-20(46)23(49)26(52)29(58-17)55-7-14-1-39(36-33-14)10-32(13-45,11-40-2-15(34-37-40)8-56-30-27(53)24(50)21(47)18(5-43)59-30)12-41-3-16(35-38-41)9-57-31-28(54)25(51)22(48)19(6-44)60-31/h1-3,17-31,42-54H,4-13H2/t17-,18-,19-,20-,21-,22-,23+,24+,25+,26+,27+,28+,29+,30+,31+/m1/s1. The summed E-state index contributed by atoms with van der Waals surface area (Å²) in [7, 11) is 0. The van der Waals surface area contributed by atoms with E-state index in [2.05, 4.69) is 30.9 Å². The molecule has 0 amide bonds. The highest BCUT2D eigenvalue weighted by molar-refractivity contribution is 4.98. The van der Waals surface area contributed by atoms with Crippen LogP contribution in [0.3, 0.4) is 0 Å². The minimum Gasteiger partial charge on any atom is -0.396 e. The lowest BCUT2D eigenvalue weighted by molar-refractivity contribution is -0.304. The summed E-state index contributed by atoms with van der Waals surface area (Å²) in [5.74, 6) is 0. The van der Waals surface area contributed by atoms with Gasteiger partial charge in [0.2, 0.25) is 0 Å². The molecule has 60 heavy (non-hydrogen) atoms. The molecular weight excluding hydrogens is 814 g/mol. The number of aromatic nitrogens is 9. The van der Waals surface area contributed by atoms with Crippen LogP contribution < -0.4 is 0 Å². The van der Waals surface area contributed by atoms with E-state index in [1.807, 2.05) is 0 Å². The molecule has 0 saturated carbocycles. The molecule has 28 heteroatoms. The Kier molecular flexibility index (Phi) is 15.6. The van der Waals surface area contributed by atoms with E-state index < -0.39 is 124 Å². The SMILES string of the molecule is OC[C@H]1O[C@H](OCc2cn(CC(CO)(Cn3cc(CO[C@H]4O[C@H](CO)[C@@H](O)[C@H](O)[C@@H]4O)nn3)Cn3cc(CO[C@H]4O[C@H](CO)[C@@H](O)[C@H](O)[C@@H]4O)nn3)nn2)[C@@H](O)[C@@H](O)[C@@H]1O. The molecule has 0 bridgehead atoms. The van der Waals surface area contributed by atoms with Crippen molar-refractivity contribution >= 4 is 0 Å². The van der Waals surface area contributed by atoms with E-state index in [4.69, 9.17) is 28.4 Å². The molecule has 3 fully saturated rings. The Morgan fingerprint density at radius 1 is 0.450 bits per heavy atom. The summed E-state index contributed by atoms with van der Waals surface area (Å²) in [5.41, 5.74) is -0.559. The second-order valence-electron chi connectivity index (χ2n) is 14.9. The molecule has 28 nitrogen and oxygen atoms in total. The Labute approximate surface area is 338 Å². The van der Waals surface area contributed by atoms with Crippen molar-refractivity contribution in [1.29, 1.82) is 0 Å². The second kappa shape index (κ2) is 20.2. The third-order valence-electron chi connectivity index (χ3n) is 10.3. The summed E-state index contributed by atoms with van der Waals surface area (Å²) in [6, 6.07) is 0. The summed E-state index contributed by atoms with van der Waals surface area (Å²) in [4.78, 5) is 0. The maximum absolute atomic E-state index is 11.0. The fraction of sp³-hybridized carbons (Fsp3) is 0.812. The summed E-state index contributed by atoms with van der Waals surface area (Å²) < 4.78 is 37.0. The van der Waals surface area contributed by atoms with Crippen LogP contribution >= 0.6 is 0 Å². The van der Waals surface area contributed by atoms with E-state index in [9.17, 15) is 66.4 Å². The van der Waals surface area contributed by atoms with Gasteiger partial charge in [0.05, 0.1) is 89.9 Å². The molecule has 338 valence electrons. The van der Waals surface area contributed by atoms with E-state index in [1.54, 1.807) is 0 Å². The van der Waals surface area contributed by atoms with Crippen LogP contribution in [0.15, 0.2) is 18.6 Å². The van der Waals surface area contributed by atoms with Crippen molar-refractivity contribution in [3.63, 3.8) is 0 Å². The minimum absolute atomic E-state index is 0.0658. The van der Waals surface area contributed by atoms with Gasteiger partial charge in [-0.3, -0.25) is 14.0 Å². The highest BCUT2D eigenvalue weighted by atomic mass is 16.7. The molecule has 3 saturated heterocycles. The normalized spacial score (nSPS) is 35.2. The van der Waals surface area contributed by atoms with Crippen molar-refractivity contribution in [3.05, 3.63) is 35.7 Å². The van der Waals surface area contributed by atoms with Crippen LogP contribution in [0.2, 0.25) is 0 Å². The van der Waals surface area contributed by atoms with Crippen LogP contribution in [0, 0.1) is 5.41 Å². The average Bonchev–Trinajstić information content (AvgIpc) is 4.02. The highest BCUT2D eigenvalue weighted by Gasteiger charge is 2.46. The number of aliphatic hydroxyl groups excluding tert-OH is 13. The summed E-state index contributed by atoms with van der Waals surface area (Å²) in [6.07, 6.45) is -18.1. The van der Waals surface area contributed by atoms with Crippen LogP contribution in [0.25, 0.3) is 0 Å². The lowest BCUT2D eigenvalue weighted by Gasteiger charge is -2.39. The lowest BCUT2D eigenvalue weighted by Crippen LogP contribution is -2.59. The fourth-order valence-corrected chi connectivity index (χ4v) is 6.89. The van der Waals surface area contributed by atoms with Crippen molar-refractivity contribution in [2.75, 3.05) is 26.4 Å². The van der Waals surface area contributed by atoms with Gasteiger partial charge in [-0.1, -0.05) is 15.6 Å². The number of hydrogen-bond donors (Lipinski definition) is 13. The van der Waals surface area contributed by atoms with Crippen LogP contribution in [-0.4, -0.2) is 230 Å². The zero-order valence-corrected chi connectivity index (χ0v) is 31.8. The molecule has 0 radical (unpaired) electrons. The number of rotatable bonds is 19. The van der Waals surface area contributed by atoms with Gasteiger partial charge in [0.15, 0.2) is 18.9 Å². The van der Waals surface area contributed by atoms with Crippen LogP contribution in [-0.2, 0) is 67.9 Å². The maximum Gasteiger partial charge on any atom is 0.187 e. The first-order valence-corrected chi connectivity index (χ1v) is 18.7. The van der Waals surface area contributed by atoms with E-state index in [0.29, 0.717) is 0 Å². The zero-order valence-electron chi connectivity index (χ0n) is 31.8. The molecule has 15 atom stereocenters. The summed E-state index contributed by atoms with van der Waals surface area (Å²) in [5, 5.41) is 156. The number of ether oxygens (including phenoxy) is 6. The fourth-order valence-electron chi connectivity index (χ4n) is 6.89. The minimum atomic E-state index is -1.66. The summed E-state index contributed by atoms with van der Waals surface area (Å²) >= 11 is 0. The number of hydrogen-bond acceptors (Lipinski definition) is 25. The molecule has 6 heterocycles. The molecule has 0 aliphatic carbocycles. The van der Waals surface area contributed by atoms with Gasteiger partial charge in [0, 0.05) is 0 Å². The molecule has 0 unspecified atom stereocenters. The maximum atomic E-state index is 11.0. The predicted molar refractivity (Wildman–Crippen MR) is 185 cm³/mol.